The zero-order chi connectivity index (χ0) is 13.7. The van der Waals surface area contributed by atoms with E-state index in [2.05, 4.69) is 15.3 Å². The molecule has 0 spiro atoms. The summed E-state index contributed by atoms with van der Waals surface area (Å²) >= 11 is 0. The van der Waals surface area contributed by atoms with E-state index in [4.69, 9.17) is 5.73 Å². The Hall–Kier alpha value is -1.77. The Balaban J connectivity index is 2.79. The molecule has 0 aliphatic rings. The molecule has 100 valence electrons. The Morgan fingerprint density at radius 2 is 2.33 bits per heavy atom. The highest BCUT2D eigenvalue weighted by Gasteiger charge is 2.18. The summed E-state index contributed by atoms with van der Waals surface area (Å²) in [6.45, 7) is 1.83. The topological polar surface area (TPSA) is 124 Å². The van der Waals surface area contributed by atoms with E-state index in [1.54, 1.807) is 6.26 Å². The second-order valence-electron chi connectivity index (χ2n) is 3.83. The number of rotatable bonds is 6. The van der Waals surface area contributed by atoms with Crippen molar-refractivity contribution in [3.63, 3.8) is 0 Å². The lowest BCUT2D eigenvalue weighted by atomic mass is 10.2. The first-order chi connectivity index (χ1) is 8.40. The van der Waals surface area contributed by atoms with Crippen molar-refractivity contribution < 1.29 is 9.13 Å². The summed E-state index contributed by atoms with van der Waals surface area (Å²) < 4.78 is 11.0. The molecule has 1 heterocycles. The smallest absolute Gasteiger partial charge is 0.329 e. The first-order valence-corrected chi connectivity index (χ1v) is 6.96. The molecule has 0 fully saturated rings. The average Bonchev–Trinajstić information content (AvgIpc) is 2.26. The van der Waals surface area contributed by atoms with E-state index in [9.17, 15) is 14.3 Å². The highest BCUT2D eigenvalue weighted by Crippen LogP contribution is 2.22. The summed E-state index contributed by atoms with van der Waals surface area (Å²) in [4.78, 5) is 17.6. The molecule has 2 atom stereocenters. The van der Waals surface area contributed by atoms with Crippen LogP contribution in [0.2, 0.25) is 0 Å². The van der Waals surface area contributed by atoms with Crippen molar-refractivity contribution in [2.45, 2.75) is 19.4 Å². The van der Waals surface area contributed by atoms with E-state index >= 15 is 0 Å². The number of nitrogen functional groups attached to an aromatic ring is 1. The van der Waals surface area contributed by atoms with Gasteiger partial charge in [-0.1, -0.05) is 0 Å². The average molecular weight is 273 g/mol. The summed E-state index contributed by atoms with van der Waals surface area (Å²) in [6.07, 6.45) is 3.29. The molecule has 0 radical (unpaired) electrons. The standard InChI is InChI=1S/C9H15N5O3S/c1-6(3-4-18(2)17)12-8-7(14(15)16)5-11-9(10)13-8/h5-6H,3-4H2,1-2H3,(H3,10,11,12,13). The Morgan fingerprint density at radius 1 is 1.67 bits per heavy atom. The molecule has 0 amide bonds. The van der Waals surface area contributed by atoms with Crippen LogP contribution in [0.15, 0.2) is 6.20 Å². The monoisotopic (exact) mass is 273 g/mol. The quantitative estimate of drug-likeness (QED) is 0.572. The van der Waals surface area contributed by atoms with E-state index in [0.717, 1.165) is 6.20 Å². The third kappa shape index (κ3) is 4.24. The van der Waals surface area contributed by atoms with Crippen molar-refractivity contribution >= 4 is 28.3 Å². The van der Waals surface area contributed by atoms with Gasteiger partial charge in [-0.2, -0.15) is 4.98 Å². The molecule has 0 bridgehead atoms. The molecule has 8 nitrogen and oxygen atoms in total. The summed E-state index contributed by atoms with van der Waals surface area (Å²) in [5.74, 6) is 0.568. The van der Waals surface area contributed by atoms with Crippen LogP contribution in [0.25, 0.3) is 0 Å². The van der Waals surface area contributed by atoms with Crippen molar-refractivity contribution in [3.8, 4) is 0 Å². The highest BCUT2D eigenvalue weighted by atomic mass is 32.2. The van der Waals surface area contributed by atoms with Crippen LogP contribution in [-0.2, 0) is 10.8 Å². The lowest BCUT2D eigenvalue weighted by molar-refractivity contribution is -0.384. The fourth-order valence-corrected chi connectivity index (χ4v) is 1.96. The normalized spacial score (nSPS) is 13.9. The summed E-state index contributed by atoms with van der Waals surface area (Å²) in [5.41, 5.74) is 5.16. The maximum Gasteiger partial charge on any atom is 0.329 e. The molecular weight excluding hydrogens is 258 g/mol. The Kier molecular flexibility index (Phi) is 4.95. The summed E-state index contributed by atoms with van der Waals surface area (Å²) in [7, 11) is -0.894. The minimum absolute atomic E-state index is 0.0330. The van der Waals surface area contributed by atoms with Crippen molar-refractivity contribution in [2.75, 3.05) is 23.1 Å². The highest BCUT2D eigenvalue weighted by molar-refractivity contribution is 7.84. The third-order valence-electron chi connectivity index (χ3n) is 2.21. The largest absolute Gasteiger partial charge is 0.368 e. The van der Waals surface area contributed by atoms with Gasteiger partial charge >= 0.3 is 5.69 Å². The fraction of sp³-hybridized carbons (Fsp3) is 0.556. The number of nitrogens with zero attached hydrogens (tertiary/aromatic N) is 3. The van der Waals surface area contributed by atoms with E-state index in [-0.39, 0.29) is 23.5 Å². The lowest BCUT2D eigenvalue weighted by Gasteiger charge is -2.13. The van der Waals surface area contributed by atoms with E-state index in [1.807, 2.05) is 6.92 Å². The third-order valence-corrected chi connectivity index (χ3v) is 3.02. The number of aromatic nitrogens is 2. The summed E-state index contributed by atoms with van der Waals surface area (Å²) in [6, 6.07) is -0.0955. The number of nitrogens with two attached hydrogens (primary N) is 1. The number of anilines is 2. The van der Waals surface area contributed by atoms with Gasteiger partial charge in [0.05, 0.1) is 4.92 Å². The molecule has 0 saturated heterocycles. The van der Waals surface area contributed by atoms with Crippen LogP contribution in [0.1, 0.15) is 13.3 Å². The molecule has 3 N–H and O–H groups in total. The predicted octanol–water partition coefficient (Wildman–Crippen LogP) is 0.536. The van der Waals surface area contributed by atoms with Gasteiger partial charge in [0, 0.05) is 28.9 Å². The molecule has 0 aliphatic heterocycles. The fourth-order valence-electron chi connectivity index (χ4n) is 1.28. The molecule has 2 unspecified atom stereocenters. The van der Waals surface area contributed by atoms with Gasteiger partial charge in [-0.25, -0.2) is 4.98 Å². The SMILES string of the molecule is CC(CCS(C)=O)Nc1nc(N)ncc1[N+](=O)[O-]. The second-order valence-corrected chi connectivity index (χ2v) is 5.39. The number of hydrogen-bond donors (Lipinski definition) is 2. The van der Waals surface area contributed by atoms with Gasteiger partial charge in [-0.3, -0.25) is 14.3 Å². The molecule has 0 aromatic carbocycles. The van der Waals surface area contributed by atoms with Crippen LogP contribution in [-0.4, -0.2) is 37.2 Å². The summed E-state index contributed by atoms with van der Waals surface area (Å²) in [5, 5.41) is 13.7. The van der Waals surface area contributed by atoms with E-state index < -0.39 is 15.7 Å². The molecule has 18 heavy (non-hydrogen) atoms. The van der Waals surface area contributed by atoms with E-state index in [0.29, 0.717) is 12.2 Å². The lowest BCUT2D eigenvalue weighted by Crippen LogP contribution is -2.20. The van der Waals surface area contributed by atoms with Crippen LogP contribution < -0.4 is 11.1 Å². The maximum absolute atomic E-state index is 11.0. The molecule has 0 aliphatic carbocycles. The van der Waals surface area contributed by atoms with E-state index in [1.165, 1.54) is 0 Å². The Labute approximate surface area is 107 Å². The molecule has 0 saturated carbocycles. The second kappa shape index (κ2) is 6.24. The van der Waals surface area contributed by atoms with Crippen LogP contribution in [0.4, 0.5) is 17.5 Å². The van der Waals surface area contributed by atoms with Gasteiger partial charge in [0.2, 0.25) is 11.8 Å². The van der Waals surface area contributed by atoms with Gasteiger partial charge in [0.25, 0.3) is 0 Å². The number of hydrogen-bond acceptors (Lipinski definition) is 7. The number of nitrogens with one attached hydrogen (secondary N) is 1. The van der Waals surface area contributed by atoms with Crippen LogP contribution >= 0.6 is 0 Å². The molecule has 9 heteroatoms. The van der Waals surface area contributed by atoms with Gasteiger partial charge in [0.15, 0.2) is 0 Å². The maximum atomic E-state index is 11.0. The predicted molar refractivity (Wildman–Crippen MR) is 69.7 cm³/mol. The minimum atomic E-state index is -0.894. The van der Waals surface area contributed by atoms with Gasteiger partial charge in [-0.15, -0.1) is 0 Å². The zero-order valence-electron chi connectivity index (χ0n) is 10.1. The van der Waals surface area contributed by atoms with Gasteiger partial charge < -0.3 is 11.1 Å². The minimum Gasteiger partial charge on any atom is -0.368 e. The zero-order valence-corrected chi connectivity index (χ0v) is 10.9. The van der Waals surface area contributed by atoms with Crippen LogP contribution in [0, 0.1) is 10.1 Å². The Morgan fingerprint density at radius 3 is 2.89 bits per heavy atom. The molecule has 1 aromatic rings. The van der Waals surface area contributed by atoms with Crippen LogP contribution in [0.5, 0.6) is 0 Å². The van der Waals surface area contributed by atoms with Crippen molar-refractivity contribution in [3.05, 3.63) is 16.3 Å². The van der Waals surface area contributed by atoms with Gasteiger partial charge in [-0.05, 0) is 13.3 Å². The molecule has 1 rings (SSSR count). The van der Waals surface area contributed by atoms with Crippen molar-refractivity contribution in [2.24, 2.45) is 0 Å². The van der Waals surface area contributed by atoms with Crippen molar-refractivity contribution in [1.29, 1.82) is 0 Å². The van der Waals surface area contributed by atoms with Crippen molar-refractivity contribution in [1.82, 2.24) is 9.97 Å². The first-order valence-electron chi connectivity index (χ1n) is 5.23. The molecular formula is C9H15N5O3S. The number of nitro groups is 1. The van der Waals surface area contributed by atoms with Gasteiger partial charge in [0.1, 0.15) is 6.20 Å². The molecule has 1 aromatic heterocycles. The van der Waals surface area contributed by atoms with Crippen LogP contribution in [0.3, 0.4) is 0 Å². The first kappa shape index (κ1) is 14.3. The Bertz CT molecular complexity index is 468.